The molecule has 11 heteroatoms. The quantitative estimate of drug-likeness (QED) is 0.429. The number of benzene rings is 2. The molecule has 10 nitrogen and oxygen atoms in total. The molecule has 2 unspecified atom stereocenters. The molecule has 4 atom stereocenters. The molecule has 1 aromatic heterocycles. The third kappa shape index (κ3) is 4.45. The van der Waals surface area contributed by atoms with Gasteiger partial charge in [0.15, 0.2) is 0 Å². The number of piperazine rings is 1. The van der Waals surface area contributed by atoms with Crippen LogP contribution >= 0.6 is 0 Å². The number of likely N-dealkylation sites (N-methyl/N-ethyl adjacent to an activating group) is 1. The number of amides is 2. The molecule has 2 aromatic carbocycles. The molecule has 1 N–H and O–H groups in total. The summed E-state index contributed by atoms with van der Waals surface area (Å²) in [5.74, 6) is 0.803. The summed E-state index contributed by atoms with van der Waals surface area (Å²) in [6.07, 6.45) is 7.58. The summed E-state index contributed by atoms with van der Waals surface area (Å²) in [5, 5.41) is 1.08. The van der Waals surface area contributed by atoms with Gasteiger partial charge >= 0.3 is 10.2 Å². The lowest BCUT2D eigenvalue weighted by Gasteiger charge is -2.35. The van der Waals surface area contributed by atoms with Crippen LogP contribution in [0.1, 0.15) is 78.3 Å². The number of hydrogen-bond acceptors (Lipinski definition) is 6. The molecule has 4 heterocycles. The lowest BCUT2D eigenvalue weighted by Crippen LogP contribution is -2.50. The van der Waals surface area contributed by atoms with Crippen LogP contribution in [0.2, 0.25) is 0 Å². The van der Waals surface area contributed by atoms with Crippen molar-refractivity contribution >= 4 is 32.9 Å². The fraction of sp³-hybridized carbons (Fsp3) is 0.543. The number of carbonyl (C=O) groups excluding carboxylic acids is 2. The molecule has 2 aliphatic carbocycles. The Bertz CT molecular complexity index is 1880. The van der Waals surface area contributed by atoms with Gasteiger partial charge in [-0.25, -0.2) is 4.72 Å². The van der Waals surface area contributed by atoms with E-state index >= 15 is 0 Å². The van der Waals surface area contributed by atoms with Gasteiger partial charge in [0.05, 0.1) is 18.2 Å². The van der Waals surface area contributed by atoms with Crippen molar-refractivity contribution in [1.82, 2.24) is 23.4 Å². The number of methoxy groups -OCH3 is 1. The van der Waals surface area contributed by atoms with Gasteiger partial charge in [-0.15, -0.1) is 0 Å². The Kier molecular flexibility index (Phi) is 6.87. The van der Waals surface area contributed by atoms with E-state index in [1.165, 1.54) is 44.5 Å². The van der Waals surface area contributed by atoms with E-state index in [1.54, 1.807) is 13.2 Å². The summed E-state index contributed by atoms with van der Waals surface area (Å²) in [5.41, 5.74) is 5.31. The molecule has 2 amide bonds. The van der Waals surface area contributed by atoms with Crippen molar-refractivity contribution in [3.05, 3.63) is 53.1 Å². The summed E-state index contributed by atoms with van der Waals surface area (Å²) in [4.78, 5) is 32.6. The zero-order chi connectivity index (χ0) is 32.1. The number of ether oxygens (including phenoxy) is 1. The Morgan fingerprint density at radius 2 is 1.80 bits per heavy atom. The van der Waals surface area contributed by atoms with Crippen LogP contribution in [0.5, 0.6) is 5.75 Å². The van der Waals surface area contributed by atoms with Crippen molar-refractivity contribution < 1.29 is 22.7 Å². The Morgan fingerprint density at radius 3 is 2.48 bits per heavy atom. The van der Waals surface area contributed by atoms with Crippen molar-refractivity contribution in [1.29, 1.82) is 0 Å². The topological polar surface area (TPSA) is 104 Å². The molecule has 4 fully saturated rings. The maximum atomic E-state index is 14.8. The molecule has 2 saturated heterocycles. The number of likely N-dealkylation sites (tertiary alicyclic amines) is 2. The smallest absolute Gasteiger partial charge is 0.303 e. The molecule has 2 saturated carbocycles. The number of carbonyl (C=O) groups is 2. The predicted octanol–water partition coefficient (Wildman–Crippen LogP) is 4.30. The Hall–Kier alpha value is -3.41. The number of hydrogen-bond donors (Lipinski definition) is 1. The maximum Gasteiger partial charge on any atom is 0.303 e. The van der Waals surface area contributed by atoms with E-state index in [0.29, 0.717) is 18.5 Å². The van der Waals surface area contributed by atoms with E-state index in [9.17, 15) is 18.0 Å². The van der Waals surface area contributed by atoms with Crippen LogP contribution in [0.4, 0.5) is 0 Å². The first kappa shape index (κ1) is 30.0. The normalized spacial score (nSPS) is 27.3. The molecule has 3 aliphatic heterocycles. The molecular formula is C35H43N5O5S. The maximum absolute atomic E-state index is 14.8. The largest absolute Gasteiger partial charge is 0.497 e. The third-order valence-corrected chi connectivity index (χ3v) is 13.1. The van der Waals surface area contributed by atoms with E-state index in [0.717, 1.165) is 71.0 Å². The van der Waals surface area contributed by atoms with E-state index in [4.69, 9.17) is 4.74 Å². The standard InChI is InChI=1S/C35H43N5O5S/c1-37(2)46(43,44)36-33(41)22-10-12-27-30(14-22)40-20-35(34(42)39-19-23-15-24(39)18-38(23)3)17-29(35)28-16-25(45-4)11-13-26(28)32(40)31(27)21-8-6-5-7-9-21/h10-14,16,21,23-24,29H,5-9,15,17-20H2,1-4H3,(H,36,41)/t23-,24-,29?,35?/m1/s1. The van der Waals surface area contributed by atoms with Crippen LogP contribution in [-0.2, 0) is 21.5 Å². The Labute approximate surface area is 270 Å². The highest BCUT2D eigenvalue weighted by atomic mass is 32.2. The number of rotatable bonds is 6. The van der Waals surface area contributed by atoms with Crippen LogP contribution < -0.4 is 9.46 Å². The number of fused-ring (bicyclic) bond motifs is 9. The first-order valence-corrected chi connectivity index (χ1v) is 18.1. The van der Waals surface area contributed by atoms with Gasteiger partial charge < -0.3 is 14.2 Å². The van der Waals surface area contributed by atoms with Crippen LogP contribution in [-0.4, -0.2) is 92.3 Å². The molecular weight excluding hydrogens is 602 g/mol. The fourth-order valence-corrected chi connectivity index (χ4v) is 9.62. The zero-order valence-corrected chi connectivity index (χ0v) is 27.9. The van der Waals surface area contributed by atoms with Gasteiger partial charge in [-0.1, -0.05) is 25.3 Å². The highest BCUT2D eigenvalue weighted by Crippen LogP contribution is 2.66. The minimum Gasteiger partial charge on any atom is -0.497 e. The van der Waals surface area contributed by atoms with Gasteiger partial charge in [0.2, 0.25) is 5.91 Å². The first-order chi connectivity index (χ1) is 22.0. The summed E-state index contributed by atoms with van der Waals surface area (Å²) in [6, 6.07) is 12.6. The second kappa shape index (κ2) is 10.6. The minimum absolute atomic E-state index is 0.0767. The average Bonchev–Trinajstić information content (AvgIpc) is 3.29. The SMILES string of the molecule is COc1ccc2c(c1)C1CC1(C(=O)N1C[C@H]3C[C@@H]1CN3C)Cn1c-2c(C2CCCCC2)c2ccc(C(=O)NS(=O)(=O)N(C)C)cc21. The van der Waals surface area contributed by atoms with Crippen LogP contribution in [0.25, 0.3) is 22.2 Å². The molecule has 244 valence electrons. The van der Waals surface area contributed by atoms with Gasteiger partial charge in [-0.05, 0) is 80.1 Å². The van der Waals surface area contributed by atoms with E-state index in [1.807, 2.05) is 18.2 Å². The Morgan fingerprint density at radius 1 is 1.02 bits per heavy atom. The van der Waals surface area contributed by atoms with Crippen molar-refractivity contribution in [3.63, 3.8) is 0 Å². The Balaban J connectivity index is 1.32. The van der Waals surface area contributed by atoms with Gasteiger partial charge in [0, 0.05) is 73.8 Å². The summed E-state index contributed by atoms with van der Waals surface area (Å²) >= 11 is 0. The lowest BCUT2D eigenvalue weighted by atomic mass is 9.81. The highest BCUT2D eigenvalue weighted by Gasteiger charge is 2.65. The molecule has 3 aromatic rings. The molecule has 8 rings (SSSR count). The monoisotopic (exact) mass is 645 g/mol. The van der Waals surface area contributed by atoms with E-state index in [2.05, 4.69) is 38.3 Å². The van der Waals surface area contributed by atoms with E-state index in [-0.39, 0.29) is 23.4 Å². The van der Waals surface area contributed by atoms with Gasteiger partial charge in [-0.2, -0.15) is 12.7 Å². The van der Waals surface area contributed by atoms with Gasteiger partial charge in [0.1, 0.15) is 5.75 Å². The van der Waals surface area contributed by atoms with Crippen LogP contribution in [0.15, 0.2) is 36.4 Å². The fourth-order valence-electron chi connectivity index (χ4n) is 9.09. The highest BCUT2D eigenvalue weighted by molar-refractivity contribution is 7.87. The minimum atomic E-state index is -3.96. The third-order valence-electron chi connectivity index (χ3n) is 11.7. The average molecular weight is 646 g/mol. The van der Waals surface area contributed by atoms with Crippen molar-refractivity contribution in [2.45, 2.75) is 75.4 Å². The molecule has 46 heavy (non-hydrogen) atoms. The van der Waals surface area contributed by atoms with E-state index < -0.39 is 21.5 Å². The summed E-state index contributed by atoms with van der Waals surface area (Å²) in [7, 11) is 2.66. The molecule has 0 spiro atoms. The number of aromatic nitrogens is 1. The van der Waals surface area contributed by atoms with Gasteiger partial charge in [0.25, 0.3) is 5.91 Å². The lowest BCUT2D eigenvalue weighted by molar-refractivity contribution is -0.140. The summed E-state index contributed by atoms with van der Waals surface area (Å²) < 4.78 is 36.3. The second-order valence-corrected chi connectivity index (χ2v) is 16.3. The first-order valence-electron chi connectivity index (χ1n) is 16.6. The number of nitrogens with zero attached hydrogens (tertiary/aromatic N) is 4. The summed E-state index contributed by atoms with van der Waals surface area (Å²) in [6.45, 7) is 2.22. The molecule has 0 radical (unpaired) electrons. The predicted molar refractivity (Wildman–Crippen MR) is 176 cm³/mol. The van der Waals surface area contributed by atoms with Crippen molar-refractivity contribution in [2.75, 3.05) is 41.3 Å². The van der Waals surface area contributed by atoms with Crippen molar-refractivity contribution in [2.24, 2.45) is 5.41 Å². The zero-order valence-electron chi connectivity index (χ0n) is 27.1. The van der Waals surface area contributed by atoms with Gasteiger partial charge in [-0.3, -0.25) is 14.5 Å². The molecule has 5 aliphatic rings. The second-order valence-electron chi connectivity index (χ2n) is 14.4. The van der Waals surface area contributed by atoms with Crippen LogP contribution in [0.3, 0.4) is 0 Å². The number of nitrogens with one attached hydrogen (secondary N) is 1. The van der Waals surface area contributed by atoms with Crippen molar-refractivity contribution in [3.8, 4) is 17.0 Å². The molecule has 2 bridgehead atoms. The van der Waals surface area contributed by atoms with Crippen LogP contribution in [0, 0.1) is 5.41 Å².